The number of halogens is 3. The van der Waals surface area contributed by atoms with E-state index < -0.39 is 6.11 Å². The number of alkyl halides is 3. The Morgan fingerprint density at radius 2 is 1.69 bits per heavy atom. The number of piperazine rings is 1. The van der Waals surface area contributed by atoms with Crippen LogP contribution in [0, 0.1) is 18.8 Å². The Balaban J connectivity index is 0.000000372. The number of ether oxygens (including phenoxy) is 1. The third-order valence-corrected chi connectivity index (χ3v) is 6.32. The van der Waals surface area contributed by atoms with Gasteiger partial charge in [-0.3, -0.25) is 14.3 Å². The summed E-state index contributed by atoms with van der Waals surface area (Å²) in [6.45, 7) is 15.4. The maximum atomic E-state index is 12.3. The van der Waals surface area contributed by atoms with Crippen molar-refractivity contribution in [1.29, 1.82) is 0 Å². The first-order valence-electron chi connectivity index (χ1n) is 12.8. The molecule has 2 aliphatic rings. The summed E-state index contributed by atoms with van der Waals surface area (Å²) in [6, 6.07) is 6.49. The lowest BCUT2D eigenvalue weighted by Gasteiger charge is -2.37. The molecule has 0 bridgehead atoms. The molecular weight excluding hydrogens is 451 g/mol. The van der Waals surface area contributed by atoms with Gasteiger partial charge in [-0.25, -0.2) is 0 Å². The molecule has 2 fully saturated rings. The normalized spacial score (nSPS) is 17.7. The second-order valence-corrected chi connectivity index (χ2v) is 9.56. The van der Waals surface area contributed by atoms with Crippen LogP contribution in [-0.4, -0.2) is 68.7 Å². The Kier molecular flexibility index (Phi) is 14.1. The largest absolute Gasteiger partial charge is 0.433 e. The first-order chi connectivity index (χ1) is 16.6. The predicted molar refractivity (Wildman–Crippen MR) is 141 cm³/mol. The Labute approximate surface area is 211 Å². The van der Waals surface area contributed by atoms with Crippen molar-refractivity contribution < 1.29 is 17.9 Å². The third-order valence-electron chi connectivity index (χ3n) is 6.32. The van der Waals surface area contributed by atoms with Gasteiger partial charge in [0.05, 0.1) is 7.18 Å². The number of allylic oxidation sites excluding steroid dienone is 1. The van der Waals surface area contributed by atoms with Crippen LogP contribution in [-0.2, 0) is 0 Å². The van der Waals surface area contributed by atoms with E-state index in [1.807, 2.05) is 14.0 Å². The average Bonchev–Trinajstić information content (AvgIpc) is 2.78. The maximum Gasteiger partial charge on any atom is 0.394 e. The fraction of sp³-hybridized carbons (Fsp3) is 0.679. The Morgan fingerprint density at radius 3 is 2.09 bits per heavy atom. The van der Waals surface area contributed by atoms with Crippen LogP contribution in [0.1, 0.15) is 58.9 Å². The molecule has 0 atom stereocenters. The highest BCUT2D eigenvalue weighted by atomic mass is 19.3. The zero-order valence-electron chi connectivity index (χ0n) is 22.8. The molecule has 0 amide bonds. The number of aliphatic imine (C=N–C) groups is 1. The molecule has 1 aliphatic carbocycles. The van der Waals surface area contributed by atoms with E-state index in [4.69, 9.17) is 0 Å². The van der Waals surface area contributed by atoms with Crippen molar-refractivity contribution in [1.82, 2.24) is 9.80 Å². The minimum atomic E-state index is -3.10. The molecule has 1 saturated heterocycles. The lowest BCUT2D eigenvalue weighted by atomic mass is 9.75. The number of amidine groups is 1. The number of rotatable bonds is 7. The van der Waals surface area contributed by atoms with E-state index in [0.717, 1.165) is 24.6 Å². The number of nitrogens with zero attached hydrogens (tertiary/aromatic N) is 3. The SMILES string of the molecule is CCCN1CCN(C(/C=C(\C(C)C)C2CCC2)=NC)CC1.CF.Cc1ccc(OC(C)(F)F)cc1. The van der Waals surface area contributed by atoms with Gasteiger partial charge in [0.25, 0.3) is 0 Å². The summed E-state index contributed by atoms with van der Waals surface area (Å²) in [7, 11) is 2.45. The summed E-state index contributed by atoms with van der Waals surface area (Å²) in [4.78, 5) is 9.64. The summed E-state index contributed by atoms with van der Waals surface area (Å²) in [5, 5.41) is 0. The highest BCUT2D eigenvalue weighted by molar-refractivity contribution is 5.93. The number of aryl methyl sites for hydroxylation is 1. The number of hydrogen-bond donors (Lipinski definition) is 0. The molecule has 3 rings (SSSR count). The van der Waals surface area contributed by atoms with Gasteiger partial charge in [-0.2, -0.15) is 8.78 Å². The summed E-state index contributed by atoms with van der Waals surface area (Å²) in [6.07, 6.45) is 4.73. The van der Waals surface area contributed by atoms with Crippen LogP contribution in [0.5, 0.6) is 5.75 Å². The van der Waals surface area contributed by atoms with Crippen LogP contribution in [0.15, 0.2) is 40.9 Å². The average molecular weight is 498 g/mol. The zero-order chi connectivity index (χ0) is 26.4. The van der Waals surface area contributed by atoms with Crippen LogP contribution in [0.4, 0.5) is 13.2 Å². The van der Waals surface area contributed by atoms with Gasteiger partial charge in [-0.1, -0.05) is 50.5 Å². The van der Waals surface area contributed by atoms with Crippen LogP contribution in [0.2, 0.25) is 0 Å². The first-order valence-corrected chi connectivity index (χ1v) is 12.8. The molecule has 1 aromatic rings. The molecule has 1 heterocycles. The first kappa shape index (κ1) is 31.0. The summed E-state index contributed by atoms with van der Waals surface area (Å²) >= 11 is 0. The maximum absolute atomic E-state index is 12.3. The van der Waals surface area contributed by atoms with Crippen molar-refractivity contribution in [2.24, 2.45) is 16.8 Å². The van der Waals surface area contributed by atoms with Crippen molar-refractivity contribution >= 4 is 5.84 Å². The van der Waals surface area contributed by atoms with Crippen molar-refractivity contribution in [3.05, 3.63) is 41.5 Å². The molecule has 0 aromatic heterocycles. The van der Waals surface area contributed by atoms with Gasteiger partial charge < -0.3 is 9.64 Å². The highest BCUT2D eigenvalue weighted by Gasteiger charge is 2.25. The standard InChI is InChI=1S/C18H33N3.C9H10F2O.CH3F/c1-5-9-20-10-12-21(13-11-20)18(19-4)14-17(15(2)3)16-7-6-8-16;1-7-3-5-8(6-4-7)12-9(2,10)11;1-2/h14-16H,5-13H2,1-4H3;3-6H,1-2H3;1H3/b17-14+,19-18?;;. The third kappa shape index (κ3) is 11.5. The summed E-state index contributed by atoms with van der Waals surface area (Å²) in [5.41, 5.74) is 2.64. The van der Waals surface area contributed by atoms with Gasteiger partial charge in [0.15, 0.2) is 0 Å². The Hall–Kier alpha value is -2.02. The van der Waals surface area contributed by atoms with Gasteiger partial charge in [0, 0.05) is 40.2 Å². The van der Waals surface area contributed by atoms with E-state index in [1.54, 1.807) is 17.7 Å². The topological polar surface area (TPSA) is 28.1 Å². The molecule has 1 saturated carbocycles. The molecule has 200 valence electrons. The molecule has 0 N–H and O–H groups in total. The second kappa shape index (κ2) is 15.9. The van der Waals surface area contributed by atoms with Crippen molar-refractivity contribution in [3.8, 4) is 5.75 Å². The zero-order valence-corrected chi connectivity index (χ0v) is 22.8. The molecular formula is C28H46F3N3O. The lowest BCUT2D eigenvalue weighted by molar-refractivity contribution is -0.158. The molecule has 4 nitrogen and oxygen atoms in total. The Morgan fingerprint density at radius 1 is 1.11 bits per heavy atom. The van der Waals surface area contributed by atoms with E-state index in [-0.39, 0.29) is 5.75 Å². The minimum Gasteiger partial charge on any atom is -0.433 e. The number of benzene rings is 1. The van der Waals surface area contributed by atoms with Crippen LogP contribution < -0.4 is 4.74 Å². The van der Waals surface area contributed by atoms with E-state index in [2.05, 4.69) is 46.4 Å². The Bertz CT molecular complexity index is 761. The highest BCUT2D eigenvalue weighted by Crippen LogP contribution is 2.36. The van der Waals surface area contributed by atoms with Gasteiger partial charge in [0.1, 0.15) is 11.6 Å². The van der Waals surface area contributed by atoms with Gasteiger partial charge in [-0.15, -0.1) is 0 Å². The molecule has 0 unspecified atom stereocenters. The molecule has 35 heavy (non-hydrogen) atoms. The predicted octanol–water partition coefficient (Wildman–Crippen LogP) is 7.00. The lowest BCUT2D eigenvalue weighted by Crippen LogP contribution is -2.48. The monoisotopic (exact) mass is 497 g/mol. The van der Waals surface area contributed by atoms with Crippen molar-refractivity contribution in [2.75, 3.05) is 46.9 Å². The second-order valence-electron chi connectivity index (χ2n) is 9.56. The van der Waals surface area contributed by atoms with Gasteiger partial charge in [0.2, 0.25) is 0 Å². The van der Waals surface area contributed by atoms with Gasteiger partial charge >= 0.3 is 6.11 Å². The smallest absolute Gasteiger partial charge is 0.394 e. The summed E-state index contributed by atoms with van der Waals surface area (Å²) in [5.74, 6) is 2.87. The van der Waals surface area contributed by atoms with E-state index in [1.165, 1.54) is 63.3 Å². The molecule has 1 aromatic carbocycles. The molecule has 0 spiro atoms. The van der Waals surface area contributed by atoms with Crippen LogP contribution in [0.3, 0.4) is 0 Å². The van der Waals surface area contributed by atoms with Crippen molar-refractivity contribution in [2.45, 2.75) is 66.4 Å². The quantitative estimate of drug-likeness (QED) is 0.300. The molecule has 7 heteroatoms. The summed E-state index contributed by atoms with van der Waals surface area (Å²) < 4.78 is 38.4. The fourth-order valence-corrected chi connectivity index (χ4v) is 4.27. The molecule has 0 radical (unpaired) electrons. The fourth-order valence-electron chi connectivity index (χ4n) is 4.27. The number of hydrogen-bond acceptors (Lipinski definition) is 3. The molecule has 1 aliphatic heterocycles. The minimum absolute atomic E-state index is 0.188. The van der Waals surface area contributed by atoms with Crippen LogP contribution in [0.25, 0.3) is 0 Å². The van der Waals surface area contributed by atoms with Crippen LogP contribution >= 0.6 is 0 Å². The van der Waals surface area contributed by atoms with E-state index in [0.29, 0.717) is 20.0 Å². The van der Waals surface area contributed by atoms with E-state index in [9.17, 15) is 13.2 Å². The van der Waals surface area contributed by atoms with E-state index >= 15 is 0 Å². The van der Waals surface area contributed by atoms with Crippen molar-refractivity contribution in [3.63, 3.8) is 0 Å². The van der Waals surface area contributed by atoms with Gasteiger partial charge in [-0.05, 0) is 62.8 Å².